The molecule has 0 aromatic rings. The highest BCUT2D eigenvalue weighted by Gasteiger charge is 2.39. The number of rotatable bonds is 13. The van der Waals surface area contributed by atoms with E-state index in [4.69, 9.17) is 28.3 Å². The summed E-state index contributed by atoms with van der Waals surface area (Å²) in [5.74, 6) is -2.58. The van der Waals surface area contributed by atoms with E-state index in [9.17, 15) is 24.0 Å². The molecule has 0 saturated carbocycles. The SMILES string of the molecule is CC(C)C(NC(=O)CC(/C=C\CCl)=C/[C@@H](C)Cl)C(=O)N1CCC[C@H]1C(=O)NC(C=O)CC(=O)O. The van der Waals surface area contributed by atoms with Crippen molar-refractivity contribution < 1.29 is 29.1 Å². The van der Waals surface area contributed by atoms with Crippen LogP contribution in [0.5, 0.6) is 0 Å². The Morgan fingerprint density at radius 1 is 1.18 bits per heavy atom. The molecule has 1 saturated heterocycles. The van der Waals surface area contributed by atoms with Crippen LogP contribution in [0.4, 0.5) is 0 Å². The number of alkyl halides is 2. The fourth-order valence-electron chi connectivity index (χ4n) is 3.67. The second-order valence-corrected chi connectivity index (χ2v) is 9.48. The lowest BCUT2D eigenvalue weighted by atomic mass is 10.0. The average molecular weight is 518 g/mol. The molecule has 190 valence electrons. The standard InChI is InChI=1S/C23H33Cl2N3O6/c1-14(2)21(27-19(30)11-16(6-4-8-24)10-15(3)25)23(34)28-9-5-7-18(28)22(33)26-17(13-29)12-20(31)32/h4,6,10,13-15,17-18,21H,5,7-9,11-12H2,1-3H3,(H,26,33)(H,27,30)(H,31,32)/b6-4-,16-10+/t15-,17?,18+,21?/m1/s1. The maximum absolute atomic E-state index is 13.3. The third kappa shape index (κ3) is 9.85. The molecular weight excluding hydrogens is 485 g/mol. The number of hydrogen-bond acceptors (Lipinski definition) is 5. The number of hydrogen-bond donors (Lipinski definition) is 3. The van der Waals surface area contributed by atoms with Crippen molar-refractivity contribution in [1.29, 1.82) is 0 Å². The van der Waals surface area contributed by atoms with Gasteiger partial charge in [-0.1, -0.05) is 32.1 Å². The van der Waals surface area contributed by atoms with E-state index in [1.807, 2.05) is 0 Å². The first-order valence-electron chi connectivity index (χ1n) is 11.1. The summed E-state index contributed by atoms with van der Waals surface area (Å²) in [7, 11) is 0. The van der Waals surface area contributed by atoms with Crippen LogP contribution in [0.15, 0.2) is 23.8 Å². The molecule has 2 unspecified atom stereocenters. The minimum Gasteiger partial charge on any atom is -0.481 e. The van der Waals surface area contributed by atoms with Gasteiger partial charge in [0.2, 0.25) is 17.7 Å². The topological polar surface area (TPSA) is 133 Å². The normalized spacial score (nSPS) is 19.1. The molecule has 1 rings (SSSR count). The number of amides is 3. The molecule has 0 radical (unpaired) electrons. The Morgan fingerprint density at radius 2 is 1.85 bits per heavy atom. The quantitative estimate of drug-likeness (QED) is 0.194. The van der Waals surface area contributed by atoms with E-state index in [1.54, 1.807) is 39.0 Å². The van der Waals surface area contributed by atoms with Crippen molar-refractivity contribution in [3.05, 3.63) is 23.8 Å². The number of halogens is 2. The van der Waals surface area contributed by atoms with Crippen LogP contribution in [0.1, 0.15) is 46.5 Å². The number of aliphatic carboxylic acids is 1. The van der Waals surface area contributed by atoms with Crippen molar-refractivity contribution in [2.24, 2.45) is 5.92 Å². The highest BCUT2D eigenvalue weighted by Crippen LogP contribution is 2.21. The molecule has 1 fully saturated rings. The van der Waals surface area contributed by atoms with Crippen LogP contribution >= 0.6 is 23.2 Å². The first-order valence-corrected chi connectivity index (χ1v) is 12.1. The Hall–Kier alpha value is -2.39. The third-order valence-corrected chi connectivity index (χ3v) is 5.51. The Bertz CT molecular complexity index is 813. The zero-order chi connectivity index (χ0) is 25.8. The van der Waals surface area contributed by atoms with E-state index < -0.39 is 42.3 Å². The van der Waals surface area contributed by atoms with E-state index in [2.05, 4.69) is 10.6 Å². The van der Waals surface area contributed by atoms with Gasteiger partial charge in [0, 0.05) is 17.8 Å². The molecule has 3 N–H and O–H groups in total. The fourth-order valence-corrected chi connectivity index (χ4v) is 3.92. The van der Waals surface area contributed by atoms with Gasteiger partial charge < -0.3 is 25.4 Å². The van der Waals surface area contributed by atoms with Gasteiger partial charge in [0.1, 0.15) is 18.4 Å². The molecule has 0 bridgehead atoms. The van der Waals surface area contributed by atoms with E-state index in [0.717, 1.165) is 0 Å². The summed E-state index contributed by atoms with van der Waals surface area (Å²) >= 11 is 11.7. The third-order valence-electron chi connectivity index (χ3n) is 5.20. The van der Waals surface area contributed by atoms with E-state index in [1.165, 1.54) is 4.90 Å². The lowest BCUT2D eigenvalue weighted by Crippen LogP contribution is -2.56. The number of carboxylic acids is 1. The summed E-state index contributed by atoms with van der Waals surface area (Å²) < 4.78 is 0. The van der Waals surface area contributed by atoms with Crippen molar-refractivity contribution in [2.75, 3.05) is 12.4 Å². The molecule has 4 atom stereocenters. The number of carboxylic acid groups (broad SMARTS) is 1. The second kappa shape index (κ2) is 14.8. The highest BCUT2D eigenvalue weighted by atomic mass is 35.5. The van der Waals surface area contributed by atoms with Gasteiger partial charge in [-0.15, -0.1) is 23.2 Å². The van der Waals surface area contributed by atoms with E-state index in [0.29, 0.717) is 31.2 Å². The molecular formula is C23H33Cl2N3O6. The summed E-state index contributed by atoms with van der Waals surface area (Å²) in [4.78, 5) is 62.1. The van der Waals surface area contributed by atoms with Crippen LogP contribution < -0.4 is 10.6 Å². The van der Waals surface area contributed by atoms with Crippen molar-refractivity contribution in [1.82, 2.24) is 15.5 Å². The summed E-state index contributed by atoms with van der Waals surface area (Å²) in [6.45, 7) is 5.65. The molecule has 11 heteroatoms. The van der Waals surface area contributed by atoms with Gasteiger partial charge in [-0.05, 0) is 31.3 Å². The first kappa shape index (κ1) is 29.6. The molecule has 0 spiro atoms. The molecule has 0 aromatic carbocycles. The molecule has 1 aliphatic heterocycles. The average Bonchev–Trinajstić information content (AvgIpc) is 3.24. The molecule has 34 heavy (non-hydrogen) atoms. The zero-order valence-corrected chi connectivity index (χ0v) is 21.1. The monoisotopic (exact) mass is 517 g/mol. The molecule has 3 amide bonds. The number of carbonyl (C=O) groups is 5. The van der Waals surface area contributed by atoms with Crippen molar-refractivity contribution in [2.45, 2.75) is 70.0 Å². The minimum absolute atomic E-state index is 0.00106. The first-order chi connectivity index (χ1) is 16.0. The predicted octanol–water partition coefficient (Wildman–Crippen LogP) is 2.02. The lowest BCUT2D eigenvalue weighted by molar-refractivity contribution is -0.143. The predicted molar refractivity (Wildman–Crippen MR) is 130 cm³/mol. The maximum atomic E-state index is 13.3. The smallest absolute Gasteiger partial charge is 0.305 e. The fraction of sp³-hybridized carbons (Fsp3) is 0.609. The van der Waals surface area contributed by atoms with Crippen LogP contribution in [-0.2, 0) is 24.0 Å². The number of aldehydes is 1. The van der Waals surface area contributed by atoms with Gasteiger partial charge in [-0.3, -0.25) is 19.2 Å². The van der Waals surface area contributed by atoms with Crippen LogP contribution in [0, 0.1) is 5.92 Å². The molecule has 1 aliphatic rings. The summed E-state index contributed by atoms with van der Waals surface area (Å²) in [5.41, 5.74) is 0.660. The summed E-state index contributed by atoms with van der Waals surface area (Å²) in [6, 6.07) is -2.90. The van der Waals surface area contributed by atoms with Crippen molar-refractivity contribution in [3.8, 4) is 0 Å². The Balaban J connectivity index is 2.94. The van der Waals surface area contributed by atoms with Crippen LogP contribution in [-0.4, -0.2) is 75.9 Å². The number of allylic oxidation sites excluding steroid dienone is 3. The number of nitrogens with zero attached hydrogens (tertiary/aromatic N) is 1. The molecule has 0 aromatic heterocycles. The largest absolute Gasteiger partial charge is 0.481 e. The van der Waals surface area contributed by atoms with Crippen molar-refractivity contribution >= 4 is 53.2 Å². The summed E-state index contributed by atoms with van der Waals surface area (Å²) in [5, 5.41) is 13.7. The van der Waals surface area contributed by atoms with Gasteiger partial charge in [-0.2, -0.15) is 0 Å². The lowest BCUT2D eigenvalue weighted by Gasteiger charge is -2.31. The number of carbonyl (C=O) groups excluding carboxylic acids is 4. The Morgan fingerprint density at radius 3 is 2.38 bits per heavy atom. The van der Waals surface area contributed by atoms with Gasteiger partial charge >= 0.3 is 5.97 Å². The molecule has 0 aliphatic carbocycles. The van der Waals surface area contributed by atoms with E-state index >= 15 is 0 Å². The molecule has 1 heterocycles. The summed E-state index contributed by atoms with van der Waals surface area (Å²) in [6.07, 6.45) is 5.87. The highest BCUT2D eigenvalue weighted by molar-refractivity contribution is 6.21. The van der Waals surface area contributed by atoms with Gasteiger partial charge in [0.15, 0.2) is 0 Å². The zero-order valence-electron chi connectivity index (χ0n) is 19.6. The van der Waals surface area contributed by atoms with Crippen LogP contribution in [0.3, 0.4) is 0 Å². The number of nitrogens with one attached hydrogen (secondary N) is 2. The van der Waals surface area contributed by atoms with Gasteiger partial charge in [0.25, 0.3) is 0 Å². The van der Waals surface area contributed by atoms with Crippen molar-refractivity contribution in [3.63, 3.8) is 0 Å². The maximum Gasteiger partial charge on any atom is 0.305 e. The molecule has 9 nitrogen and oxygen atoms in total. The van der Waals surface area contributed by atoms with Crippen LogP contribution in [0.2, 0.25) is 0 Å². The van der Waals surface area contributed by atoms with Gasteiger partial charge in [-0.25, -0.2) is 0 Å². The minimum atomic E-state index is -1.22. The second-order valence-electron chi connectivity index (χ2n) is 8.48. The van der Waals surface area contributed by atoms with Crippen LogP contribution in [0.25, 0.3) is 0 Å². The van der Waals surface area contributed by atoms with E-state index in [-0.39, 0.29) is 29.5 Å². The van der Waals surface area contributed by atoms with Gasteiger partial charge in [0.05, 0.1) is 18.9 Å². The Kier molecular flexibility index (Phi) is 12.9. The Labute approximate surface area is 209 Å². The number of likely N-dealkylation sites (tertiary alicyclic amines) is 1.